The Hall–Kier alpha value is -8.48. The lowest BCUT2D eigenvalue weighted by atomic mass is 9.82. The van der Waals surface area contributed by atoms with Crippen LogP contribution < -0.4 is 14.7 Å². The number of anilines is 9. The first-order chi connectivity index (χ1) is 35.9. The van der Waals surface area contributed by atoms with Crippen LogP contribution in [-0.4, -0.2) is 0 Å². The van der Waals surface area contributed by atoms with Crippen molar-refractivity contribution in [1.82, 2.24) is 0 Å². The molecule has 0 unspecified atom stereocenters. The molecule has 12 aromatic rings. The Morgan fingerprint density at radius 3 is 1.63 bits per heavy atom. The van der Waals surface area contributed by atoms with E-state index in [1.165, 1.54) is 62.6 Å². The summed E-state index contributed by atoms with van der Waals surface area (Å²) in [6, 6.07) is 82.4. The molecule has 0 N–H and O–H groups in total. The van der Waals surface area contributed by atoms with Gasteiger partial charge < -0.3 is 14.7 Å². The smallest absolute Gasteiger partial charge is 0.0640 e. The van der Waals surface area contributed by atoms with Crippen LogP contribution in [0.2, 0.25) is 0 Å². The first kappa shape index (κ1) is 44.5. The Bertz CT molecular complexity index is 4070. The molecule has 5 heteroatoms. The molecule has 0 radical (unpaired) electrons. The van der Waals surface area contributed by atoms with E-state index in [9.17, 15) is 0 Å². The van der Waals surface area contributed by atoms with Crippen LogP contribution in [0, 0.1) is 0 Å². The molecule has 10 aromatic carbocycles. The molecular formula is C68H51N3S2. The SMILES string of the molecule is C=Cc1cccc(N(c2ccc3c(c2)sc2c(N(c4ccccc4)c4ccc5c(c4)-c4ccccc4C5(C)C)cccc23)c2ccc3c(c2)sc2cccc(N(c4ccccc4)c4ccccc4)c23)c1/C=C\C. The predicted molar refractivity (Wildman–Crippen MR) is 319 cm³/mol. The third-order valence-electron chi connectivity index (χ3n) is 14.7. The van der Waals surface area contributed by atoms with Crippen LogP contribution in [-0.2, 0) is 5.41 Å². The van der Waals surface area contributed by atoms with Gasteiger partial charge >= 0.3 is 0 Å². The predicted octanol–water partition coefficient (Wildman–Crippen LogP) is 20.8. The zero-order valence-electron chi connectivity index (χ0n) is 41.0. The third kappa shape index (κ3) is 7.38. The summed E-state index contributed by atoms with van der Waals surface area (Å²) >= 11 is 3.72. The summed E-state index contributed by atoms with van der Waals surface area (Å²) in [5, 5.41) is 4.97. The molecule has 3 nitrogen and oxygen atoms in total. The molecule has 2 aromatic heterocycles. The lowest BCUT2D eigenvalue weighted by molar-refractivity contribution is 0.660. The summed E-state index contributed by atoms with van der Waals surface area (Å²) in [5.41, 5.74) is 17.6. The largest absolute Gasteiger partial charge is 0.310 e. The van der Waals surface area contributed by atoms with Gasteiger partial charge in [-0.15, -0.1) is 22.7 Å². The molecule has 0 spiro atoms. The van der Waals surface area contributed by atoms with E-state index in [2.05, 4.69) is 279 Å². The number of para-hydroxylation sites is 3. The fourth-order valence-corrected chi connectivity index (χ4v) is 13.8. The highest BCUT2D eigenvalue weighted by molar-refractivity contribution is 7.26. The number of hydrogen-bond donors (Lipinski definition) is 0. The summed E-state index contributed by atoms with van der Waals surface area (Å²) in [5.74, 6) is 0. The van der Waals surface area contributed by atoms with Gasteiger partial charge in [0.1, 0.15) is 0 Å². The molecule has 0 bridgehead atoms. The van der Waals surface area contributed by atoms with E-state index in [1.807, 2.05) is 28.7 Å². The van der Waals surface area contributed by atoms with E-state index in [-0.39, 0.29) is 5.41 Å². The molecule has 0 fully saturated rings. The number of rotatable bonds is 11. The average molecular weight is 974 g/mol. The molecule has 1 aliphatic rings. The Labute approximate surface area is 435 Å². The lowest BCUT2D eigenvalue weighted by Crippen LogP contribution is -2.15. The fourth-order valence-electron chi connectivity index (χ4n) is 11.4. The zero-order valence-corrected chi connectivity index (χ0v) is 42.6. The molecule has 0 saturated heterocycles. The summed E-state index contributed by atoms with van der Waals surface area (Å²) in [4.78, 5) is 7.28. The lowest BCUT2D eigenvalue weighted by Gasteiger charge is -2.28. The molecule has 13 rings (SSSR count). The van der Waals surface area contributed by atoms with Crippen molar-refractivity contribution >= 4 is 126 Å². The van der Waals surface area contributed by atoms with Gasteiger partial charge in [-0.3, -0.25) is 0 Å². The number of hydrogen-bond acceptors (Lipinski definition) is 5. The monoisotopic (exact) mass is 973 g/mol. The third-order valence-corrected chi connectivity index (χ3v) is 17.0. The molecule has 1 aliphatic carbocycles. The van der Waals surface area contributed by atoms with E-state index in [0.717, 1.165) is 62.3 Å². The van der Waals surface area contributed by atoms with Crippen LogP contribution >= 0.6 is 22.7 Å². The number of fused-ring (bicyclic) bond motifs is 9. The zero-order chi connectivity index (χ0) is 49.2. The second-order valence-corrected chi connectivity index (χ2v) is 21.4. The summed E-state index contributed by atoms with van der Waals surface area (Å²) in [7, 11) is 0. The van der Waals surface area contributed by atoms with Gasteiger partial charge in [0.2, 0.25) is 0 Å². The Morgan fingerprint density at radius 2 is 0.945 bits per heavy atom. The second-order valence-electron chi connectivity index (χ2n) is 19.3. The molecule has 0 atom stereocenters. The highest BCUT2D eigenvalue weighted by Crippen LogP contribution is 2.53. The Balaban J connectivity index is 0.978. The summed E-state index contributed by atoms with van der Waals surface area (Å²) in [6.07, 6.45) is 6.31. The van der Waals surface area contributed by atoms with Gasteiger partial charge in [-0.2, -0.15) is 0 Å². The van der Waals surface area contributed by atoms with Crippen molar-refractivity contribution in [3.63, 3.8) is 0 Å². The van der Waals surface area contributed by atoms with Gasteiger partial charge in [-0.25, -0.2) is 0 Å². The molecule has 0 saturated carbocycles. The molecule has 0 aliphatic heterocycles. The normalized spacial score (nSPS) is 12.7. The highest BCUT2D eigenvalue weighted by Gasteiger charge is 2.36. The van der Waals surface area contributed by atoms with Gasteiger partial charge in [0.05, 0.1) is 21.8 Å². The van der Waals surface area contributed by atoms with Gasteiger partial charge in [-0.05, 0) is 132 Å². The number of thiophene rings is 2. The van der Waals surface area contributed by atoms with Gasteiger partial charge in [0, 0.05) is 80.7 Å². The average Bonchev–Trinajstić information content (AvgIpc) is 4.08. The molecule has 0 amide bonds. The topological polar surface area (TPSA) is 9.72 Å². The number of nitrogens with zero attached hydrogens (tertiary/aromatic N) is 3. The minimum Gasteiger partial charge on any atom is -0.310 e. The molecule has 2 heterocycles. The quantitative estimate of drug-likeness (QED) is 0.128. The molecule has 350 valence electrons. The van der Waals surface area contributed by atoms with Crippen LogP contribution in [0.4, 0.5) is 51.2 Å². The van der Waals surface area contributed by atoms with E-state index < -0.39 is 0 Å². The van der Waals surface area contributed by atoms with Crippen molar-refractivity contribution in [2.24, 2.45) is 0 Å². The first-order valence-electron chi connectivity index (χ1n) is 25.0. The standard InChI is InChI=1S/C68H51N3S2/c1-5-21-52-45(6-2)22-18-32-60(52)71(51-37-40-56-65(44-51)72-63-35-20-33-61(66(56)63)69(46-23-10-7-11-24-46)47-25-12-8-13-26-47)50-36-39-54-55-30-19-34-62(67(55)73-64(54)43-50)70(48-27-14-9-15-28-48)49-38-41-59-57(42-49)53-29-16-17-31-58(53)68(59,3)4/h5-44H,2H2,1,3-4H3/b21-5-. The first-order valence-corrected chi connectivity index (χ1v) is 26.6. The van der Waals surface area contributed by atoms with E-state index in [4.69, 9.17) is 0 Å². The maximum atomic E-state index is 4.26. The Kier molecular flexibility index (Phi) is 10.9. The fraction of sp³-hybridized carbons (Fsp3) is 0.0588. The summed E-state index contributed by atoms with van der Waals surface area (Å²) < 4.78 is 4.95. The summed E-state index contributed by atoms with van der Waals surface area (Å²) in [6.45, 7) is 11.0. The highest BCUT2D eigenvalue weighted by atomic mass is 32.1. The van der Waals surface area contributed by atoms with Crippen molar-refractivity contribution < 1.29 is 0 Å². The van der Waals surface area contributed by atoms with E-state index >= 15 is 0 Å². The maximum absolute atomic E-state index is 4.26. The van der Waals surface area contributed by atoms with Crippen molar-refractivity contribution in [3.05, 3.63) is 259 Å². The minimum absolute atomic E-state index is 0.0696. The van der Waals surface area contributed by atoms with Gasteiger partial charge in [0.15, 0.2) is 0 Å². The van der Waals surface area contributed by atoms with Crippen LogP contribution in [0.3, 0.4) is 0 Å². The molecular weight excluding hydrogens is 923 g/mol. The Morgan fingerprint density at radius 1 is 0.411 bits per heavy atom. The van der Waals surface area contributed by atoms with Gasteiger partial charge in [-0.1, -0.05) is 166 Å². The second kappa shape index (κ2) is 18.0. The number of benzene rings is 10. The van der Waals surface area contributed by atoms with Crippen LogP contribution in [0.15, 0.2) is 237 Å². The van der Waals surface area contributed by atoms with Crippen molar-refractivity contribution in [2.75, 3.05) is 14.7 Å². The van der Waals surface area contributed by atoms with Crippen LogP contribution in [0.5, 0.6) is 0 Å². The van der Waals surface area contributed by atoms with Gasteiger partial charge in [0.25, 0.3) is 0 Å². The van der Waals surface area contributed by atoms with Crippen molar-refractivity contribution in [1.29, 1.82) is 0 Å². The maximum Gasteiger partial charge on any atom is 0.0640 e. The van der Waals surface area contributed by atoms with Crippen molar-refractivity contribution in [3.8, 4) is 11.1 Å². The molecule has 73 heavy (non-hydrogen) atoms. The van der Waals surface area contributed by atoms with Crippen LogP contribution in [0.1, 0.15) is 43.0 Å². The minimum atomic E-state index is -0.0696. The van der Waals surface area contributed by atoms with E-state index in [0.29, 0.717) is 0 Å². The number of allylic oxidation sites excluding steroid dienone is 1. The van der Waals surface area contributed by atoms with Crippen molar-refractivity contribution in [2.45, 2.75) is 26.2 Å². The van der Waals surface area contributed by atoms with E-state index in [1.54, 1.807) is 0 Å². The van der Waals surface area contributed by atoms with Crippen LogP contribution in [0.25, 0.3) is 63.6 Å².